The first kappa shape index (κ1) is 20.8. The van der Waals surface area contributed by atoms with Crippen molar-refractivity contribution in [3.8, 4) is 11.1 Å². The molecule has 1 saturated heterocycles. The summed E-state index contributed by atoms with van der Waals surface area (Å²) < 4.78 is 1.83. The van der Waals surface area contributed by atoms with Crippen LogP contribution in [0.3, 0.4) is 0 Å². The number of fused-ring (bicyclic) bond motifs is 4. The number of pyridine rings is 1. The molecule has 1 fully saturated rings. The minimum Gasteiger partial charge on any atom is -0.481 e. The van der Waals surface area contributed by atoms with Gasteiger partial charge in [0.1, 0.15) is 0 Å². The quantitative estimate of drug-likeness (QED) is 0.767. The predicted molar refractivity (Wildman–Crippen MR) is 115 cm³/mol. The number of aliphatic carboxylic acids is 1. The lowest BCUT2D eigenvalue weighted by Crippen LogP contribution is -2.49. The van der Waals surface area contributed by atoms with Crippen LogP contribution in [-0.4, -0.2) is 45.4 Å². The van der Waals surface area contributed by atoms with Gasteiger partial charge in [0.15, 0.2) is 0 Å². The highest BCUT2D eigenvalue weighted by molar-refractivity contribution is 5.89. The van der Waals surface area contributed by atoms with E-state index in [1.165, 1.54) is 6.92 Å². The number of nitrogens with one attached hydrogen (secondary N) is 1. The third-order valence-corrected chi connectivity index (χ3v) is 6.01. The fraction of sp³-hybridized carbons (Fsp3) is 0.391. The molecule has 2 aliphatic heterocycles. The van der Waals surface area contributed by atoms with Crippen LogP contribution in [0.15, 0.2) is 41.2 Å². The maximum atomic E-state index is 12.6. The summed E-state index contributed by atoms with van der Waals surface area (Å²) in [5.41, 5.74) is 3.45. The molecule has 8 heteroatoms. The van der Waals surface area contributed by atoms with Crippen molar-refractivity contribution in [2.24, 2.45) is 5.92 Å². The number of carboxylic acids is 1. The number of anilines is 1. The Morgan fingerprint density at radius 3 is 2.45 bits per heavy atom. The fourth-order valence-electron chi connectivity index (χ4n) is 4.77. The molecule has 0 radical (unpaired) electrons. The molecule has 2 amide bonds. The third-order valence-electron chi connectivity index (χ3n) is 6.01. The smallest absolute Gasteiger partial charge is 0.303 e. The third kappa shape index (κ3) is 4.38. The molecule has 162 valence electrons. The van der Waals surface area contributed by atoms with E-state index in [2.05, 4.69) is 5.32 Å². The van der Waals surface area contributed by atoms with Gasteiger partial charge in [-0.15, -0.1) is 0 Å². The first-order chi connectivity index (χ1) is 14.8. The molecule has 0 saturated carbocycles. The van der Waals surface area contributed by atoms with Gasteiger partial charge in [0.05, 0.1) is 6.42 Å². The summed E-state index contributed by atoms with van der Waals surface area (Å²) in [5, 5.41) is 11.6. The van der Waals surface area contributed by atoms with Crippen LogP contribution >= 0.6 is 0 Å². The average Bonchev–Trinajstić information content (AvgIpc) is 2.73. The summed E-state index contributed by atoms with van der Waals surface area (Å²) in [7, 11) is 0. The van der Waals surface area contributed by atoms with Crippen molar-refractivity contribution in [1.82, 2.24) is 9.47 Å². The van der Waals surface area contributed by atoms with E-state index in [0.717, 1.165) is 23.2 Å². The molecule has 2 bridgehead atoms. The first-order valence-electron chi connectivity index (χ1n) is 10.4. The molecule has 0 unspecified atom stereocenters. The number of carbonyl (C=O) groups is 3. The van der Waals surface area contributed by atoms with Crippen LogP contribution in [0.2, 0.25) is 0 Å². The summed E-state index contributed by atoms with van der Waals surface area (Å²) in [6.07, 6.45) is 0.712. The van der Waals surface area contributed by atoms with E-state index in [1.54, 1.807) is 11.0 Å². The molecule has 0 spiro atoms. The molecule has 1 aromatic carbocycles. The monoisotopic (exact) mass is 423 g/mol. The Balaban J connectivity index is 1.65. The topological polar surface area (TPSA) is 109 Å². The Labute approximate surface area is 179 Å². The molecule has 2 aromatic rings. The number of nitrogens with zero attached hydrogens (tertiary/aromatic N) is 2. The number of aromatic nitrogens is 1. The highest BCUT2D eigenvalue weighted by atomic mass is 16.4. The van der Waals surface area contributed by atoms with Gasteiger partial charge in [0.2, 0.25) is 11.8 Å². The number of rotatable bonds is 5. The molecule has 2 N–H and O–H groups in total. The van der Waals surface area contributed by atoms with Gasteiger partial charge in [-0.1, -0.05) is 12.1 Å². The molecule has 3 heterocycles. The Hall–Kier alpha value is -3.42. The fourth-order valence-corrected chi connectivity index (χ4v) is 4.77. The Morgan fingerprint density at radius 2 is 1.77 bits per heavy atom. The van der Waals surface area contributed by atoms with E-state index in [9.17, 15) is 19.2 Å². The lowest BCUT2D eigenvalue weighted by molar-refractivity contribution is -0.141. The van der Waals surface area contributed by atoms with Gasteiger partial charge in [0, 0.05) is 61.9 Å². The number of hydrogen-bond donors (Lipinski definition) is 2. The lowest BCUT2D eigenvalue weighted by Gasteiger charge is -2.43. The Kier molecular flexibility index (Phi) is 5.63. The van der Waals surface area contributed by atoms with Crippen molar-refractivity contribution in [3.05, 3.63) is 52.4 Å². The number of likely N-dealkylation sites (tertiary alicyclic amines) is 1. The van der Waals surface area contributed by atoms with Crippen LogP contribution in [0.4, 0.5) is 5.69 Å². The molecular weight excluding hydrogens is 398 g/mol. The van der Waals surface area contributed by atoms with Crippen LogP contribution in [0.25, 0.3) is 11.1 Å². The van der Waals surface area contributed by atoms with Crippen LogP contribution in [-0.2, 0) is 20.9 Å². The number of carboxylic acid groups (broad SMARTS) is 1. The van der Waals surface area contributed by atoms with E-state index in [-0.39, 0.29) is 42.1 Å². The molecule has 2 atom stereocenters. The first-order valence-corrected chi connectivity index (χ1v) is 10.4. The Bertz CT molecular complexity index is 1090. The number of carbonyl (C=O) groups excluding carboxylic acids is 2. The van der Waals surface area contributed by atoms with E-state index >= 15 is 0 Å². The zero-order chi connectivity index (χ0) is 22.1. The normalized spacial score (nSPS) is 19.5. The molecule has 4 rings (SSSR count). The minimum absolute atomic E-state index is 0.00611. The molecule has 0 aliphatic carbocycles. The summed E-state index contributed by atoms with van der Waals surface area (Å²) in [6, 6.07) is 10.9. The Morgan fingerprint density at radius 1 is 1.03 bits per heavy atom. The van der Waals surface area contributed by atoms with Gasteiger partial charge < -0.3 is 19.9 Å². The standard InChI is InChI=1S/C23H25N3O5/c1-14(27)24-18-4-2-16(3-5-18)19-6-7-21(29)26-12-15-10-17(23(19)26)13-25(11-15)20(28)8-9-22(30)31/h2-7,15,17H,8-13H2,1H3,(H,24,27)(H,30,31)/t15-,17+/m0/s1. The summed E-state index contributed by atoms with van der Waals surface area (Å²) in [6.45, 7) is 3.04. The van der Waals surface area contributed by atoms with Crippen molar-refractivity contribution in [2.45, 2.75) is 38.6 Å². The largest absolute Gasteiger partial charge is 0.481 e. The van der Waals surface area contributed by atoms with Crippen molar-refractivity contribution >= 4 is 23.5 Å². The SMILES string of the molecule is CC(=O)Nc1ccc(-c2ccc(=O)n3c2[C@@H]2C[C@@H](CN(C(=O)CCC(=O)O)C2)C3)cc1. The van der Waals surface area contributed by atoms with Crippen LogP contribution in [0.1, 0.15) is 37.8 Å². The van der Waals surface area contributed by atoms with E-state index in [0.29, 0.717) is 25.3 Å². The van der Waals surface area contributed by atoms with Crippen molar-refractivity contribution in [2.75, 3.05) is 18.4 Å². The van der Waals surface area contributed by atoms with Crippen LogP contribution in [0.5, 0.6) is 0 Å². The second-order valence-corrected chi connectivity index (χ2v) is 8.33. The number of amides is 2. The van der Waals surface area contributed by atoms with Gasteiger partial charge in [-0.2, -0.15) is 0 Å². The van der Waals surface area contributed by atoms with Crippen LogP contribution < -0.4 is 10.9 Å². The molecule has 8 nitrogen and oxygen atoms in total. The summed E-state index contributed by atoms with van der Waals surface area (Å²) >= 11 is 0. The number of hydrogen-bond acceptors (Lipinski definition) is 4. The second-order valence-electron chi connectivity index (χ2n) is 8.33. The zero-order valence-electron chi connectivity index (χ0n) is 17.3. The molecule has 31 heavy (non-hydrogen) atoms. The summed E-state index contributed by atoms with van der Waals surface area (Å²) in [4.78, 5) is 49.0. The van der Waals surface area contributed by atoms with Gasteiger partial charge in [-0.05, 0) is 36.1 Å². The molecule has 2 aliphatic rings. The molecule has 1 aromatic heterocycles. The maximum absolute atomic E-state index is 12.6. The van der Waals surface area contributed by atoms with Gasteiger partial charge in [0.25, 0.3) is 5.56 Å². The van der Waals surface area contributed by atoms with E-state index < -0.39 is 5.97 Å². The van der Waals surface area contributed by atoms with Crippen LogP contribution in [0, 0.1) is 5.92 Å². The minimum atomic E-state index is -0.979. The predicted octanol–water partition coefficient (Wildman–Crippen LogP) is 2.28. The molecular formula is C23H25N3O5. The van der Waals surface area contributed by atoms with Crippen molar-refractivity contribution < 1.29 is 19.5 Å². The average molecular weight is 423 g/mol. The van der Waals surface area contributed by atoms with Gasteiger partial charge in [-0.3, -0.25) is 19.2 Å². The highest BCUT2D eigenvalue weighted by Crippen LogP contribution is 2.40. The van der Waals surface area contributed by atoms with E-state index in [1.807, 2.05) is 34.9 Å². The number of piperidine rings is 1. The second kappa shape index (κ2) is 8.37. The zero-order valence-corrected chi connectivity index (χ0v) is 17.3. The summed E-state index contributed by atoms with van der Waals surface area (Å²) in [5.74, 6) is -1.08. The van der Waals surface area contributed by atoms with Gasteiger partial charge in [-0.25, -0.2) is 0 Å². The number of benzene rings is 1. The van der Waals surface area contributed by atoms with E-state index in [4.69, 9.17) is 5.11 Å². The van der Waals surface area contributed by atoms with Gasteiger partial charge >= 0.3 is 5.97 Å². The maximum Gasteiger partial charge on any atom is 0.303 e. The highest BCUT2D eigenvalue weighted by Gasteiger charge is 2.37. The van der Waals surface area contributed by atoms with Crippen molar-refractivity contribution in [1.29, 1.82) is 0 Å². The lowest BCUT2D eigenvalue weighted by atomic mass is 9.80. The van der Waals surface area contributed by atoms with Crippen molar-refractivity contribution in [3.63, 3.8) is 0 Å².